The van der Waals surface area contributed by atoms with E-state index in [0.717, 1.165) is 35.7 Å². The van der Waals surface area contributed by atoms with Crippen LogP contribution in [0.15, 0.2) is 0 Å². The molecule has 4 saturated carbocycles. The molecule has 4 bridgehead atoms. The first kappa shape index (κ1) is 10.1. The summed E-state index contributed by atoms with van der Waals surface area (Å²) in [4.78, 5) is 0. The van der Waals surface area contributed by atoms with Gasteiger partial charge in [0.05, 0.1) is 6.10 Å². The highest BCUT2D eigenvalue weighted by Crippen LogP contribution is 2.80. The molecule has 0 aliphatic heterocycles. The molecule has 86 valence electrons. The molecule has 5 atom stereocenters. The Morgan fingerprint density at radius 3 is 2.73 bits per heavy atom. The van der Waals surface area contributed by atoms with Crippen LogP contribution in [0.4, 0.5) is 0 Å². The van der Waals surface area contributed by atoms with Gasteiger partial charge in [0.1, 0.15) is 0 Å². The smallest absolute Gasteiger partial charge is 0.0639 e. The third-order valence-corrected chi connectivity index (χ3v) is 5.41. The maximum absolute atomic E-state index is 6.15. The number of hydrogen-bond acceptors (Lipinski definition) is 1. The fourth-order valence-corrected chi connectivity index (χ4v) is 4.60. The van der Waals surface area contributed by atoms with Crippen molar-refractivity contribution in [2.24, 2.45) is 29.1 Å². The summed E-state index contributed by atoms with van der Waals surface area (Å²) >= 11 is 0. The van der Waals surface area contributed by atoms with E-state index in [1.165, 1.54) is 25.7 Å². The Bertz CT molecular complexity index is 260. The van der Waals surface area contributed by atoms with Crippen molar-refractivity contribution in [3.8, 4) is 0 Å². The van der Waals surface area contributed by atoms with Crippen LogP contribution >= 0.6 is 0 Å². The molecule has 0 amide bonds. The predicted octanol–water partition coefficient (Wildman–Crippen LogP) is 3.48. The lowest BCUT2D eigenvalue weighted by molar-refractivity contribution is 0.0212. The van der Waals surface area contributed by atoms with E-state index in [1.807, 2.05) is 0 Å². The Hall–Kier alpha value is -0.0400. The zero-order valence-electron chi connectivity index (χ0n) is 10.3. The van der Waals surface area contributed by atoms with Gasteiger partial charge in [0, 0.05) is 6.61 Å². The van der Waals surface area contributed by atoms with E-state index in [-0.39, 0.29) is 0 Å². The first-order chi connectivity index (χ1) is 7.19. The van der Waals surface area contributed by atoms with E-state index in [9.17, 15) is 0 Å². The van der Waals surface area contributed by atoms with Gasteiger partial charge in [0.2, 0.25) is 0 Å². The molecule has 0 heterocycles. The van der Waals surface area contributed by atoms with Gasteiger partial charge in [-0.05, 0) is 54.8 Å². The minimum Gasteiger partial charge on any atom is -0.378 e. The molecular weight excluding hydrogens is 184 g/mol. The molecule has 0 spiro atoms. The molecule has 0 aromatic rings. The second-order valence-electron chi connectivity index (χ2n) is 6.44. The van der Waals surface area contributed by atoms with Crippen molar-refractivity contribution in [3.63, 3.8) is 0 Å². The standard InChI is InChI=1S/C14H24O/c1-4-14-8-10-7-11(14)12(14)13(10)15-6-5-9(2)3/h9-13H,4-8H2,1-3H3. The SMILES string of the molecule is CCC12CC3CC1C2C3OCCC(C)C. The Labute approximate surface area is 93.6 Å². The fourth-order valence-electron chi connectivity index (χ4n) is 4.60. The van der Waals surface area contributed by atoms with Crippen LogP contribution in [-0.4, -0.2) is 12.7 Å². The van der Waals surface area contributed by atoms with Crippen molar-refractivity contribution in [3.05, 3.63) is 0 Å². The molecular formula is C14H24O. The van der Waals surface area contributed by atoms with Gasteiger partial charge >= 0.3 is 0 Å². The maximum atomic E-state index is 6.15. The van der Waals surface area contributed by atoms with E-state index in [0.29, 0.717) is 6.10 Å². The Balaban J connectivity index is 1.54. The number of ether oxygens (including phenoxy) is 1. The zero-order valence-corrected chi connectivity index (χ0v) is 10.3. The average Bonchev–Trinajstić information content (AvgIpc) is 2.60. The summed E-state index contributed by atoms with van der Waals surface area (Å²) in [6, 6.07) is 0. The van der Waals surface area contributed by atoms with Crippen LogP contribution in [-0.2, 0) is 4.74 Å². The summed E-state index contributed by atoms with van der Waals surface area (Å²) < 4.78 is 6.15. The van der Waals surface area contributed by atoms with Crippen LogP contribution in [0, 0.1) is 29.1 Å². The zero-order chi connectivity index (χ0) is 10.6. The fraction of sp³-hybridized carbons (Fsp3) is 1.00. The minimum absolute atomic E-state index is 0.661. The van der Waals surface area contributed by atoms with Gasteiger partial charge in [-0.1, -0.05) is 20.8 Å². The molecule has 0 aromatic carbocycles. The maximum Gasteiger partial charge on any atom is 0.0639 e. The van der Waals surface area contributed by atoms with Gasteiger partial charge in [0.15, 0.2) is 0 Å². The predicted molar refractivity (Wildman–Crippen MR) is 61.6 cm³/mol. The van der Waals surface area contributed by atoms with Gasteiger partial charge in [0.25, 0.3) is 0 Å². The lowest BCUT2D eigenvalue weighted by Crippen LogP contribution is -2.18. The van der Waals surface area contributed by atoms with Crippen molar-refractivity contribution < 1.29 is 4.74 Å². The van der Waals surface area contributed by atoms with Crippen LogP contribution in [0.25, 0.3) is 0 Å². The molecule has 4 fully saturated rings. The third-order valence-electron chi connectivity index (χ3n) is 5.41. The van der Waals surface area contributed by atoms with Crippen molar-refractivity contribution in [1.82, 2.24) is 0 Å². The third kappa shape index (κ3) is 1.25. The molecule has 4 rings (SSSR count). The molecule has 1 nitrogen and oxygen atoms in total. The lowest BCUT2D eigenvalue weighted by atomic mass is 10.0. The average molecular weight is 208 g/mol. The number of hydrogen-bond donors (Lipinski definition) is 0. The van der Waals surface area contributed by atoms with Crippen LogP contribution in [0.1, 0.15) is 46.5 Å². The van der Waals surface area contributed by atoms with Gasteiger partial charge in [-0.25, -0.2) is 0 Å². The highest BCUT2D eigenvalue weighted by atomic mass is 16.5. The van der Waals surface area contributed by atoms with Crippen LogP contribution in [0.5, 0.6) is 0 Å². The summed E-state index contributed by atoms with van der Waals surface area (Å²) in [5, 5.41) is 0. The quantitative estimate of drug-likeness (QED) is 0.672. The highest BCUT2D eigenvalue weighted by molar-refractivity contribution is 5.26. The van der Waals surface area contributed by atoms with E-state index < -0.39 is 0 Å². The van der Waals surface area contributed by atoms with Crippen LogP contribution in [0.2, 0.25) is 0 Å². The topological polar surface area (TPSA) is 9.23 Å². The molecule has 0 N–H and O–H groups in total. The summed E-state index contributed by atoms with van der Waals surface area (Å²) in [7, 11) is 0. The monoisotopic (exact) mass is 208 g/mol. The first-order valence-electron chi connectivity index (χ1n) is 6.80. The lowest BCUT2D eigenvalue weighted by Gasteiger charge is -2.16. The van der Waals surface area contributed by atoms with E-state index in [4.69, 9.17) is 4.74 Å². The van der Waals surface area contributed by atoms with Gasteiger partial charge in [-0.3, -0.25) is 0 Å². The van der Waals surface area contributed by atoms with Crippen molar-refractivity contribution in [2.45, 2.75) is 52.6 Å². The van der Waals surface area contributed by atoms with E-state index in [2.05, 4.69) is 20.8 Å². The normalized spacial score (nSPS) is 50.4. The van der Waals surface area contributed by atoms with E-state index in [1.54, 1.807) is 0 Å². The molecule has 4 aliphatic carbocycles. The summed E-state index contributed by atoms with van der Waals surface area (Å²) in [5.74, 6) is 3.76. The molecule has 0 saturated heterocycles. The minimum atomic E-state index is 0.661. The van der Waals surface area contributed by atoms with Gasteiger partial charge < -0.3 is 4.74 Å². The second kappa shape index (κ2) is 3.23. The van der Waals surface area contributed by atoms with Crippen LogP contribution < -0.4 is 0 Å². The van der Waals surface area contributed by atoms with Crippen molar-refractivity contribution in [2.75, 3.05) is 6.61 Å². The molecule has 15 heavy (non-hydrogen) atoms. The summed E-state index contributed by atoms with van der Waals surface area (Å²) in [6.45, 7) is 7.95. The molecule has 0 aromatic heterocycles. The Morgan fingerprint density at radius 2 is 2.20 bits per heavy atom. The Kier molecular flexibility index (Phi) is 2.18. The van der Waals surface area contributed by atoms with Crippen LogP contribution in [0.3, 0.4) is 0 Å². The molecule has 0 radical (unpaired) electrons. The molecule has 1 heteroatoms. The number of rotatable bonds is 5. The molecule has 5 unspecified atom stereocenters. The van der Waals surface area contributed by atoms with Crippen molar-refractivity contribution in [1.29, 1.82) is 0 Å². The van der Waals surface area contributed by atoms with Gasteiger partial charge in [-0.2, -0.15) is 0 Å². The summed E-state index contributed by atoms with van der Waals surface area (Å²) in [6.07, 6.45) is 6.28. The Morgan fingerprint density at radius 1 is 1.40 bits per heavy atom. The first-order valence-corrected chi connectivity index (χ1v) is 6.80. The van der Waals surface area contributed by atoms with Gasteiger partial charge in [-0.15, -0.1) is 0 Å². The van der Waals surface area contributed by atoms with E-state index >= 15 is 0 Å². The largest absolute Gasteiger partial charge is 0.378 e. The van der Waals surface area contributed by atoms with Crippen molar-refractivity contribution >= 4 is 0 Å². The highest BCUT2D eigenvalue weighted by Gasteiger charge is 2.77. The molecule has 4 aliphatic rings. The second-order valence-corrected chi connectivity index (χ2v) is 6.44. The summed E-state index contributed by atoms with van der Waals surface area (Å²) in [5.41, 5.74) is 0.771.